The Balaban J connectivity index is 1.75. The van der Waals surface area contributed by atoms with Gasteiger partial charge in [-0.05, 0) is 20.8 Å². The Kier molecular flexibility index (Phi) is 3.67. The molecule has 2 rings (SSSR count). The molecular weight excluding hydrogens is 272 g/mol. The minimum atomic E-state index is -0.449. The van der Waals surface area contributed by atoms with E-state index in [0.29, 0.717) is 17.4 Å². The number of carbonyl (C=O) groups is 1. The molecule has 2 heterocycles. The van der Waals surface area contributed by atoms with E-state index in [1.54, 1.807) is 4.90 Å². The van der Waals surface area contributed by atoms with Crippen molar-refractivity contribution in [3.05, 3.63) is 0 Å². The Morgan fingerprint density at radius 3 is 2.67 bits per heavy atom. The maximum atomic E-state index is 11.7. The summed E-state index contributed by atoms with van der Waals surface area (Å²) >= 11 is 5.47. The lowest BCUT2D eigenvalue weighted by Gasteiger charge is -2.39. The Labute approximate surface area is 115 Å². The first-order valence-corrected chi connectivity index (χ1v) is 6.87. The van der Waals surface area contributed by atoms with Gasteiger partial charge in [-0.2, -0.15) is 0 Å². The summed E-state index contributed by atoms with van der Waals surface area (Å²) in [6.45, 7) is 6.81. The van der Waals surface area contributed by atoms with Crippen molar-refractivity contribution in [3.8, 4) is 0 Å². The van der Waals surface area contributed by atoms with E-state index in [0.717, 1.165) is 5.13 Å². The van der Waals surface area contributed by atoms with Gasteiger partial charge in [-0.25, -0.2) is 4.79 Å². The fraction of sp³-hybridized carbons (Fsp3) is 0.700. The first-order chi connectivity index (χ1) is 8.33. The lowest BCUT2D eigenvalue weighted by atomic mass is 10.1. The maximum absolute atomic E-state index is 11.7. The fourth-order valence-electron chi connectivity index (χ4n) is 1.49. The highest BCUT2D eigenvalue weighted by Crippen LogP contribution is 2.22. The first kappa shape index (κ1) is 13.4. The monoisotopic (exact) mass is 288 g/mol. The molecule has 0 bridgehead atoms. The molecule has 0 spiro atoms. The average molecular weight is 288 g/mol. The van der Waals surface area contributed by atoms with E-state index in [4.69, 9.17) is 4.74 Å². The molecule has 1 aromatic rings. The molecule has 18 heavy (non-hydrogen) atoms. The van der Waals surface area contributed by atoms with Crippen molar-refractivity contribution in [2.24, 2.45) is 0 Å². The number of anilines is 1. The van der Waals surface area contributed by atoms with Crippen molar-refractivity contribution in [2.45, 2.75) is 36.8 Å². The second kappa shape index (κ2) is 4.93. The number of aromatic nitrogens is 2. The van der Waals surface area contributed by atoms with E-state index in [1.165, 1.54) is 11.3 Å². The van der Waals surface area contributed by atoms with Crippen LogP contribution in [0, 0.1) is 0 Å². The Morgan fingerprint density at radius 2 is 2.17 bits per heavy atom. The van der Waals surface area contributed by atoms with Gasteiger partial charge in [-0.15, -0.1) is 22.8 Å². The zero-order valence-corrected chi connectivity index (χ0v) is 12.2. The summed E-state index contributed by atoms with van der Waals surface area (Å²) in [6.07, 6.45) is -0.271. The van der Waals surface area contributed by atoms with Crippen LogP contribution in [0.5, 0.6) is 0 Å². The number of likely N-dealkylation sites (tertiary alicyclic amines) is 1. The molecule has 1 amide bonds. The molecule has 0 aliphatic carbocycles. The van der Waals surface area contributed by atoms with Crippen LogP contribution in [0.25, 0.3) is 0 Å². The van der Waals surface area contributed by atoms with Crippen LogP contribution in [0.15, 0.2) is 4.34 Å². The van der Waals surface area contributed by atoms with Gasteiger partial charge in [0.05, 0.1) is 6.04 Å². The van der Waals surface area contributed by atoms with E-state index in [1.807, 2.05) is 20.8 Å². The highest BCUT2D eigenvalue weighted by molar-refractivity contribution is 7.82. The van der Waals surface area contributed by atoms with E-state index in [-0.39, 0.29) is 12.1 Å². The Morgan fingerprint density at radius 1 is 1.50 bits per heavy atom. The van der Waals surface area contributed by atoms with Crippen LogP contribution in [0.1, 0.15) is 20.8 Å². The third kappa shape index (κ3) is 3.49. The molecule has 0 saturated carbocycles. The number of thiol groups is 1. The van der Waals surface area contributed by atoms with Crippen molar-refractivity contribution in [3.63, 3.8) is 0 Å². The molecule has 1 aliphatic rings. The average Bonchev–Trinajstić information content (AvgIpc) is 2.53. The van der Waals surface area contributed by atoms with Gasteiger partial charge < -0.3 is 15.0 Å². The predicted octanol–water partition coefficient (Wildman–Crippen LogP) is 1.86. The summed E-state index contributed by atoms with van der Waals surface area (Å²) in [4.78, 5) is 13.3. The molecular formula is C10H16N4O2S2. The normalized spacial score (nSPS) is 16.3. The maximum Gasteiger partial charge on any atom is 0.410 e. The standard InChI is InChI=1S/C10H16N4O2S2/c1-10(2,3)16-9(15)14-4-6(5-14)11-7-12-13-8(17)18-7/h6H,4-5H2,1-3H3,(H,11,12)(H,13,17). The molecule has 0 aromatic carbocycles. The molecule has 0 unspecified atom stereocenters. The number of amides is 1. The first-order valence-electron chi connectivity index (χ1n) is 5.60. The van der Waals surface area contributed by atoms with Crippen molar-refractivity contribution < 1.29 is 9.53 Å². The van der Waals surface area contributed by atoms with Gasteiger partial charge in [0.25, 0.3) is 0 Å². The molecule has 1 N–H and O–H groups in total. The van der Waals surface area contributed by atoms with Gasteiger partial charge in [0.2, 0.25) is 5.13 Å². The smallest absolute Gasteiger partial charge is 0.410 e. The lowest BCUT2D eigenvalue weighted by molar-refractivity contribution is 0.0105. The molecule has 1 saturated heterocycles. The fourth-order valence-corrected chi connectivity index (χ4v) is 2.36. The number of rotatable bonds is 2. The van der Waals surface area contributed by atoms with Crippen molar-refractivity contribution in [1.82, 2.24) is 15.1 Å². The van der Waals surface area contributed by atoms with Gasteiger partial charge in [-0.3, -0.25) is 0 Å². The number of nitrogens with one attached hydrogen (secondary N) is 1. The second-order valence-electron chi connectivity index (χ2n) is 5.12. The summed E-state index contributed by atoms with van der Waals surface area (Å²) in [6, 6.07) is 0.207. The summed E-state index contributed by atoms with van der Waals surface area (Å²) in [5.74, 6) is 0. The Hall–Kier alpha value is -1.02. The number of nitrogens with zero attached hydrogens (tertiary/aromatic N) is 3. The van der Waals surface area contributed by atoms with Crippen LogP contribution in [0.2, 0.25) is 0 Å². The van der Waals surface area contributed by atoms with Crippen LogP contribution in [-0.4, -0.2) is 45.9 Å². The summed E-state index contributed by atoms with van der Waals surface area (Å²) in [5, 5.41) is 11.6. The highest BCUT2D eigenvalue weighted by atomic mass is 32.2. The molecule has 6 nitrogen and oxygen atoms in total. The van der Waals surface area contributed by atoms with Gasteiger partial charge in [0, 0.05) is 13.1 Å². The second-order valence-corrected chi connectivity index (χ2v) is 6.82. The van der Waals surface area contributed by atoms with E-state index in [9.17, 15) is 4.79 Å². The molecule has 1 fully saturated rings. The minimum Gasteiger partial charge on any atom is -0.444 e. The lowest BCUT2D eigenvalue weighted by Crippen LogP contribution is -2.57. The SMILES string of the molecule is CC(C)(C)OC(=O)N1CC(Nc2nnc(S)s2)C1. The summed E-state index contributed by atoms with van der Waals surface area (Å²) in [7, 11) is 0. The summed E-state index contributed by atoms with van der Waals surface area (Å²) in [5.41, 5.74) is -0.449. The van der Waals surface area contributed by atoms with Crippen molar-refractivity contribution in [1.29, 1.82) is 0 Å². The van der Waals surface area contributed by atoms with Crippen LogP contribution < -0.4 is 5.32 Å². The van der Waals surface area contributed by atoms with Crippen molar-refractivity contribution >= 4 is 35.2 Å². The molecule has 0 atom stereocenters. The Bertz CT molecular complexity index is 437. The zero-order chi connectivity index (χ0) is 13.3. The van der Waals surface area contributed by atoms with E-state index in [2.05, 4.69) is 28.1 Å². The van der Waals surface area contributed by atoms with Gasteiger partial charge in [0.15, 0.2) is 4.34 Å². The van der Waals surface area contributed by atoms with Gasteiger partial charge >= 0.3 is 6.09 Å². The largest absolute Gasteiger partial charge is 0.444 e. The number of ether oxygens (including phenoxy) is 1. The predicted molar refractivity (Wildman–Crippen MR) is 72.4 cm³/mol. The molecule has 0 radical (unpaired) electrons. The van der Waals surface area contributed by atoms with Crippen LogP contribution in [0.3, 0.4) is 0 Å². The van der Waals surface area contributed by atoms with Crippen LogP contribution in [0.4, 0.5) is 9.93 Å². The van der Waals surface area contributed by atoms with Crippen LogP contribution in [-0.2, 0) is 4.74 Å². The number of carbonyl (C=O) groups excluding carboxylic acids is 1. The molecule has 1 aliphatic heterocycles. The minimum absolute atomic E-state index is 0.207. The summed E-state index contributed by atoms with van der Waals surface area (Å²) < 4.78 is 5.89. The quantitative estimate of drug-likeness (QED) is 0.813. The van der Waals surface area contributed by atoms with Gasteiger partial charge in [-0.1, -0.05) is 11.3 Å². The molecule has 8 heteroatoms. The topological polar surface area (TPSA) is 67.3 Å². The van der Waals surface area contributed by atoms with Crippen molar-refractivity contribution in [2.75, 3.05) is 18.4 Å². The zero-order valence-electron chi connectivity index (χ0n) is 10.5. The van der Waals surface area contributed by atoms with E-state index < -0.39 is 5.60 Å². The van der Waals surface area contributed by atoms with Gasteiger partial charge in [0.1, 0.15) is 5.60 Å². The molecule has 100 valence electrons. The third-order valence-electron chi connectivity index (χ3n) is 2.28. The molecule has 1 aromatic heterocycles. The van der Waals surface area contributed by atoms with Crippen LogP contribution >= 0.6 is 24.0 Å². The number of hydrogen-bond donors (Lipinski definition) is 2. The third-order valence-corrected chi connectivity index (χ3v) is 3.30. The van der Waals surface area contributed by atoms with E-state index >= 15 is 0 Å². The highest BCUT2D eigenvalue weighted by Gasteiger charge is 2.34. The number of hydrogen-bond acceptors (Lipinski definition) is 7.